The highest BCUT2D eigenvalue weighted by Crippen LogP contribution is 2.38. The SMILES string of the molecule is CC(C)(C)OC(=O)N=C(N)N(CCc1ccc(OCCC2Oc3cc([N+](=O)[O-])ccc3N(Cc3cccc([N+](=O)[O-])c3)C2=O)cc1)C(=O)OC(C)(C)C. The van der Waals surface area contributed by atoms with E-state index in [9.17, 15) is 34.6 Å². The number of amides is 3. The summed E-state index contributed by atoms with van der Waals surface area (Å²) in [7, 11) is 0. The molecule has 0 aliphatic carbocycles. The standard InChI is InChI=1S/C36H42N6O11/c1-35(2,3)52-33(44)38-32(37)39(34(45)53-36(4,5)6)18-16-23-10-13-27(14-11-23)50-19-17-29-31(43)40(22-24-8-7-9-25(20-24)41(46)47)28-15-12-26(42(48)49)21-30(28)51-29/h7-15,20-21,29H,16-19,22H2,1-6H3,(H2,37,38,44). The van der Waals surface area contributed by atoms with Gasteiger partial charge in [0.25, 0.3) is 17.3 Å². The number of fused-ring (bicyclic) bond motifs is 1. The summed E-state index contributed by atoms with van der Waals surface area (Å²) in [6, 6.07) is 16.7. The minimum Gasteiger partial charge on any atom is -0.493 e. The van der Waals surface area contributed by atoms with E-state index < -0.39 is 45.2 Å². The van der Waals surface area contributed by atoms with Gasteiger partial charge in [-0.25, -0.2) is 14.5 Å². The number of nitrogens with two attached hydrogens (primary N) is 1. The number of guanidine groups is 1. The fourth-order valence-corrected chi connectivity index (χ4v) is 5.06. The van der Waals surface area contributed by atoms with Crippen LogP contribution >= 0.6 is 0 Å². The highest BCUT2D eigenvalue weighted by molar-refractivity contribution is 6.00. The van der Waals surface area contributed by atoms with Crippen molar-refractivity contribution in [2.75, 3.05) is 18.1 Å². The first-order chi connectivity index (χ1) is 24.8. The highest BCUT2D eigenvalue weighted by Gasteiger charge is 2.36. The first-order valence-corrected chi connectivity index (χ1v) is 16.6. The Kier molecular flexibility index (Phi) is 12.2. The van der Waals surface area contributed by atoms with Crippen molar-refractivity contribution in [3.05, 3.63) is 98.1 Å². The number of non-ortho nitro benzene ring substituents is 2. The molecule has 1 atom stereocenters. The van der Waals surface area contributed by atoms with Crippen molar-refractivity contribution in [2.45, 2.75) is 78.2 Å². The summed E-state index contributed by atoms with van der Waals surface area (Å²) in [4.78, 5) is 66.7. The van der Waals surface area contributed by atoms with Gasteiger partial charge in [0.2, 0.25) is 5.96 Å². The number of nitro benzene ring substituents is 2. The van der Waals surface area contributed by atoms with E-state index in [4.69, 9.17) is 24.7 Å². The lowest BCUT2D eigenvalue weighted by Gasteiger charge is -2.34. The number of aliphatic imine (C=N–C) groups is 1. The Morgan fingerprint density at radius 1 is 0.906 bits per heavy atom. The number of nitro groups is 2. The van der Waals surface area contributed by atoms with Crippen LogP contribution in [0.2, 0.25) is 0 Å². The van der Waals surface area contributed by atoms with E-state index in [-0.39, 0.29) is 49.2 Å². The molecule has 3 aromatic rings. The molecule has 17 nitrogen and oxygen atoms in total. The van der Waals surface area contributed by atoms with Gasteiger partial charge in [-0.3, -0.25) is 25.0 Å². The molecule has 0 radical (unpaired) electrons. The van der Waals surface area contributed by atoms with Crippen molar-refractivity contribution < 1.29 is 43.2 Å². The molecule has 0 saturated carbocycles. The molecule has 1 aliphatic heterocycles. The zero-order chi connectivity index (χ0) is 39.1. The van der Waals surface area contributed by atoms with Gasteiger partial charge in [0.1, 0.15) is 17.0 Å². The predicted octanol–water partition coefficient (Wildman–Crippen LogP) is 6.30. The maximum atomic E-state index is 13.6. The molecule has 0 saturated heterocycles. The summed E-state index contributed by atoms with van der Waals surface area (Å²) in [5.74, 6) is -0.234. The molecule has 1 heterocycles. The largest absolute Gasteiger partial charge is 0.493 e. The molecule has 0 spiro atoms. The van der Waals surface area contributed by atoms with E-state index in [2.05, 4.69) is 4.99 Å². The van der Waals surface area contributed by atoms with Crippen molar-refractivity contribution >= 4 is 41.1 Å². The lowest BCUT2D eigenvalue weighted by molar-refractivity contribution is -0.385. The summed E-state index contributed by atoms with van der Waals surface area (Å²) < 4.78 is 22.5. The summed E-state index contributed by atoms with van der Waals surface area (Å²) >= 11 is 0. The third-order valence-electron chi connectivity index (χ3n) is 7.40. The first kappa shape index (κ1) is 39.5. The number of benzene rings is 3. The second-order valence-corrected chi connectivity index (χ2v) is 14.0. The third kappa shape index (κ3) is 11.4. The average molecular weight is 735 g/mol. The Bertz CT molecular complexity index is 1880. The molecule has 1 aliphatic rings. The fraction of sp³-hybridized carbons (Fsp3) is 0.389. The minimum absolute atomic E-state index is 0.0286. The molecule has 0 bridgehead atoms. The van der Waals surface area contributed by atoms with Crippen molar-refractivity contribution in [1.29, 1.82) is 0 Å². The number of rotatable bonds is 11. The number of hydrogen-bond acceptors (Lipinski definition) is 11. The van der Waals surface area contributed by atoms with Gasteiger partial charge in [0.05, 0.1) is 34.8 Å². The summed E-state index contributed by atoms with van der Waals surface area (Å²) in [6.45, 7) is 10.1. The smallest absolute Gasteiger partial charge is 0.437 e. The Morgan fingerprint density at radius 2 is 1.55 bits per heavy atom. The Hall–Kier alpha value is -6.26. The Morgan fingerprint density at radius 3 is 2.17 bits per heavy atom. The predicted molar refractivity (Wildman–Crippen MR) is 193 cm³/mol. The monoisotopic (exact) mass is 734 g/mol. The maximum Gasteiger partial charge on any atom is 0.437 e. The van der Waals surface area contributed by atoms with Crippen LogP contribution in [0.3, 0.4) is 0 Å². The zero-order valence-corrected chi connectivity index (χ0v) is 30.3. The first-order valence-electron chi connectivity index (χ1n) is 16.6. The van der Waals surface area contributed by atoms with Crippen molar-refractivity contribution in [3.63, 3.8) is 0 Å². The van der Waals surface area contributed by atoms with Crippen molar-refractivity contribution in [3.8, 4) is 11.5 Å². The molecule has 53 heavy (non-hydrogen) atoms. The molecule has 3 aromatic carbocycles. The van der Waals surface area contributed by atoms with E-state index in [0.717, 1.165) is 10.5 Å². The fourth-order valence-electron chi connectivity index (χ4n) is 5.06. The molecule has 0 fully saturated rings. The molecule has 0 aromatic heterocycles. The van der Waals surface area contributed by atoms with Crippen LogP contribution in [0.15, 0.2) is 71.7 Å². The van der Waals surface area contributed by atoms with E-state index in [0.29, 0.717) is 23.4 Å². The number of anilines is 1. The zero-order valence-electron chi connectivity index (χ0n) is 30.3. The van der Waals surface area contributed by atoms with Gasteiger partial charge >= 0.3 is 12.2 Å². The number of nitrogens with zero attached hydrogens (tertiary/aromatic N) is 5. The van der Waals surface area contributed by atoms with Crippen LogP contribution in [0.1, 0.15) is 59.1 Å². The molecule has 2 N–H and O–H groups in total. The van der Waals surface area contributed by atoms with Crippen molar-refractivity contribution in [1.82, 2.24) is 4.90 Å². The van der Waals surface area contributed by atoms with Gasteiger partial charge in [-0.15, -0.1) is 4.99 Å². The van der Waals surface area contributed by atoms with Crippen LogP contribution in [0.25, 0.3) is 0 Å². The Labute approximate surface area is 305 Å². The average Bonchev–Trinajstić information content (AvgIpc) is 3.05. The molecular weight excluding hydrogens is 692 g/mol. The van der Waals surface area contributed by atoms with Gasteiger partial charge in [-0.2, -0.15) is 0 Å². The van der Waals surface area contributed by atoms with Crippen LogP contribution in [0, 0.1) is 20.2 Å². The molecular formula is C36H42N6O11. The second-order valence-electron chi connectivity index (χ2n) is 14.0. The topological polar surface area (TPSA) is 219 Å². The number of carbonyl (C=O) groups excluding carboxylic acids is 3. The number of hydrogen-bond donors (Lipinski definition) is 1. The lowest BCUT2D eigenvalue weighted by atomic mass is 10.1. The summed E-state index contributed by atoms with van der Waals surface area (Å²) in [5, 5.41) is 22.8. The van der Waals surface area contributed by atoms with Crippen LogP contribution < -0.4 is 20.1 Å². The van der Waals surface area contributed by atoms with Gasteiger partial charge in [-0.1, -0.05) is 24.3 Å². The normalized spacial score (nSPS) is 14.5. The second kappa shape index (κ2) is 16.4. The molecule has 4 rings (SSSR count). The van der Waals surface area contributed by atoms with Crippen molar-refractivity contribution in [2.24, 2.45) is 10.7 Å². The third-order valence-corrected chi connectivity index (χ3v) is 7.40. The van der Waals surface area contributed by atoms with Gasteiger partial charge < -0.3 is 29.6 Å². The van der Waals surface area contributed by atoms with E-state index in [1.54, 1.807) is 71.9 Å². The highest BCUT2D eigenvalue weighted by atomic mass is 16.6. The molecule has 3 amide bonds. The maximum absolute atomic E-state index is 13.6. The van der Waals surface area contributed by atoms with Crippen LogP contribution in [-0.4, -0.2) is 69.3 Å². The van der Waals surface area contributed by atoms with E-state index in [1.807, 2.05) is 0 Å². The van der Waals surface area contributed by atoms with Crippen LogP contribution in [-0.2, 0) is 27.2 Å². The van der Waals surface area contributed by atoms with E-state index in [1.165, 1.54) is 41.3 Å². The molecule has 1 unspecified atom stereocenters. The van der Waals surface area contributed by atoms with E-state index >= 15 is 0 Å². The number of ether oxygens (including phenoxy) is 4. The Balaban J connectivity index is 1.42. The molecule has 17 heteroatoms. The minimum atomic E-state index is -1.06. The summed E-state index contributed by atoms with van der Waals surface area (Å²) in [5.41, 5.74) is 5.60. The van der Waals surface area contributed by atoms with Crippen LogP contribution in [0.5, 0.6) is 11.5 Å². The summed E-state index contributed by atoms with van der Waals surface area (Å²) in [6.07, 6.45) is -2.42. The lowest BCUT2D eigenvalue weighted by Crippen LogP contribution is -2.46. The van der Waals surface area contributed by atoms with Gasteiger partial charge in [0, 0.05) is 31.2 Å². The molecule has 282 valence electrons. The van der Waals surface area contributed by atoms with Gasteiger partial charge in [-0.05, 0) is 77.3 Å². The van der Waals surface area contributed by atoms with Gasteiger partial charge in [0.15, 0.2) is 11.9 Å². The quantitative estimate of drug-likeness (QED) is 0.0993. The number of carbonyl (C=O) groups is 3. The van der Waals surface area contributed by atoms with Crippen LogP contribution in [0.4, 0.5) is 26.7 Å².